The van der Waals surface area contributed by atoms with Gasteiger partial charge in [0.25, 0.3) is 5.91 Å². The second-order valence-corrected chi connectivity index (χ2v) is 9.84. The van der Waals surface area contributed by atoms with Gasteiger partial charge in [-0.2, -0.15) is 5.10 Å². The van der Waals surface area contributed by atoms with Gasteiger partial charge in [0.1, 0.15) is 5.52 Å². The highest BCUT2D eigenvalue weighted by molar-refractivity contribution is 5.97. The molecule has 1 amide bonds. The van der Waals surface area contributed by atoms with Crippen LogP contribution in [0.4, 0.5) is 5.69 Å². The number of aromatic nitrogens is 4. The van der Waals surface area contributed by atoms with Gasteiger partial charge in [-0.25, -0.2) is 0 Å². The Hall–Kier alpha value is -3.52. The normalized spacial score (nSPS) is 18.0. The Morgan fingerprint density at radius 3 is 2.49 bits per heavy atom. The van der Waals surface area contributed by atoms with E-state index < -0.39 is 0 Å². The summed E-state index contributed by atoms with van der Waals surface area (Å²) < 4.78 is 1.97. The summed E-state index contributed by atoms with van der Waals surface area (Å²) in [6, 6.07) is 12.1. The molecule has 2 saturated heterocycles. The third kappa shape index (κ3) is 4.12. The Morgan fingerprint density at radius 2 is 1.69 bits per heavy atom. The molecule has 0 saturated carbocycles. The monoisotopic (exact) mass is 469 g/mol. The number of fused-ring (bicyclic) bond motifs is 2. The van der Waals surface area contributed by atoms with Crippen molar-refractivity contribution in [2.75, 3.05) is 51.2 Å². The van der Waals surface area contributed by atoms with Gasteiger partial charge >= 0.3 is 0 Å². The maximum atomic E-state index is 13.2. The first kappa shape index (κ1) is 22.0. The number of nitrogens with zero attached hydrogens (tertiary/aromatic N) is 7. The number of hydrogen-bond acceptors (Lipinski definition) is 6. The van der Waals surface area contributed by atoms with E-state index in [-0.39, 0.29) is 5.91 Å². The van der Waals surface area contributed by atoms with Crippen LogP contribution in [0.3, 0.4) is 0 Å². The minimum Gasteiger partial charge on any atom is -0.368 e. The zero-order valence-electron chi connectivity index (χ0n) is 20.4. The second-order valence-electron chi connectivity index (χ2n) is 9.84. The molecule has 3 aromatic heterocycles. The fraction of sp³-hybridized carbons (Fsp3) is 0.407. The highest BCUT2D eigenvalue weighted by Gasteiger charge is 2.28. The van der Waals surface area contributed by atoms with Crippen LogP contribution in [0.2, 0.25) is 0 Å². The van der Waals surface area contributed by atoms with E-state index >= 15 is 0 Å². The van der Waals surface area contributed by atoms with Crippen LogP contribution in [0.1, 0.15) is 34.8 Å². The Labute approximate surface area is 205 Å². The maximum Gasteiger partial charge on any atom is 0.255 e. The molecule has 4 aromatic rings. The average Bonchev–Trinajstić information content (AvgIpc) is 3.24. The van der Waals surface area contributed by atoms with Crippen molar-refractivity contribution in [3.63, 3.8) is 0 Å². The number of pyridine rings is 2. The number of likely N-dealkylation sites (tertiary alicyclic amines) is 1. The molecule has 6 rings (SSSR count). The number of benzene rings is 1. The van der Waals surface area contributed by atoms with Crippen LogP contribution in [-0.2, 0) is 7.05 Å². The Balaban J connectivity index is 1.17. The lowest BCUT2D eigenvalue weighted by molar-refractivity contribution is 0.0712. The predicted octanol–water partition coefficient (Wildman–Crippen LogP) is 3.29. The van der Waals surface area contributed by atoms with Crippen LogP contribution in [0.25, 0.3) is 21.9 Å². The van der Waals surface area contributed by atoms with Crippen LogP contribution < -0.4 is 4.90 Å². The van der Waals surface area contributed by atoms with E-state index in [1.165, 1.54) is 5.69 Å². The van der Waals surface area contributed by atoms with Crippen LogP contribution in [0.15, 0.2) is 48.8 Å². The summed E-state index contributed by atoms with van der Waals surface area (Å²) >= 11 is 0. The average molecular weight is 470 g/mol. The van der Waals surface area contributed by atoms with Gasteiger partial charge in [-0.1, -0.05) is 18.2 Å². The summed E-state index contributed by atoms with van der Waals surface area (Å²) in [5, 5.41) is 5.88. The lowest BCUT2D eigenvalue weighted by Crippen LogP contribution is -2.44. The van der Waals surface area contributed by atoms with Crippen LogP contribution in [0.5, 0.6) is 0 Å². The van der Waals surface area contributed by atoms with E-state index in [2.05, 4.69) is 27.9 Å². The van der Waals surface area contributed by atoms with Gasteiger partial charge in [0.05, 0.1) is 34.2 Å². The van der Waals surface area contributed by atoms with Crippen molar-refractivity contribution >= 4 is 33.5 Å². The summed E-state index contributed by atoms with van der Waals surface area (Å²) in [7, 11) is 4.18. The van der Waals surface area contributed by atoms with Gasteiger partial charge in [0.2, 0.25) is 0 Å². The number of piperazine rings is 1. The summed E-state index contributed by atoms with van der Waals surface area (Å²) in [6.45, 7) is 5.62. The van der Waals surface area contributed by atoms with E-state index in [4.69, 9.17) is 10.1 Å². The molecule has 2 aliphatic rings. The summed E-state index contributed by atoms with van der Waals surface area (Å²) in [5.41, 5.74) is 5.87. The summed E-state index contributed by atoms with van der Waals surface area (Å²) in [6.07, 6.45) is 5.48. The third-order valence-corrected chi connectivity index (χ3v) is 7.58. The minimum atomic E-state index is 0.0579. The lowest BCUT2D eigenvalue weighted by Gasteiger charge is -2.33. The number of likely N-dealkylation sites (N-methyl/N-ethyl adjacent to an activating group) is 1. The zero-order chi connectivity index (χ0) is 23.9. The van der Waals surface area contributed by atoms with Gasteiger partial charge in [-0.05, 0) is 38.1 Å². The largest absolute Gasteiger partial charge is 0.368 e. The summed E-state index contributed by atoms with van der Waals surface area (Å²) in [5.74, 6) is 0.363. The topological polar surface area (TPSA) is 70.4 Å². The maximum absolute atomic E-state index is 13.2. The number of hydrogen-bond donors (Lipinski definition) is 0. The van der Waals surface area contributed by atoms with E-state index in [1.54, 1.807) is 6.20 Å². The molecule has 0 N–H and O–H groups in total. The van der Waals surface area contributed by atoms with Crippen molar-refractivity contribution in [1.82, 2.24) is 29.5 Å². The van der Waals surface area contributed by atoms with E-state index in [1.807, 2.05) is 53.2 Å². The molecular formula is C27H31N7O. The van der Waals surface area contributed by atoms with Crippen LogP contribution >= 0.6 is 0 Å². The number of aryl methyl sites for hydroxylation is 1. The standard InChI is InChI=1S/C27H31N7O/c1-31-11-13-33(14-12-31)22-16-24-26(29-18-22)25(30-32(24)2)19-7-9-34(10-8-19)27(35)21-15-20-5-3-4-6-23(20)28-17-21/h3-6,15-19H,7-14H2,1-2H3. The first-order chi connectivity index (χ1) is 17.1. The third-order valence-electron chi connectivity index (χ3n) is 7.58. The quantitative estimate of drug-likeness (QED) is 0.459. The number of carbonyl (C=O) groups excluding carboxylic acids is 1. The molecule has 5 heterocycles. The second kappa shape index (κ2) is 8.92. The van der Waals surface area contributed by atoms with E-state index in [0.717, 1.165) is 66.7 Å². The van der Waals surface area contributed by atoms with Gasteiger partial charge in [0, 0.05) is 63.8 Å². The molecule has 0 bridgehead atoms. The fourth-order valence-corrected chi connectivity index (χ4v) is 5.39. The highest BCUT2D eigenvalue weighted by atomic mass is 16.2. The molecule has 0 spiro atoms. The number of piperidine rings is 1. The van der Waals surface area contributed by atoms with Crippen molar-refractivity contribution < 1.29 is 4.79 Å². The molecule has 180 valence electrons. The molecule has 0 radical (unpaired) electrons. The van der Waals surface area contributed by atoms with Crippen molar-refractivity contribution in [3.8, 4) is 0 Å². The number of carbonyl (C=O) groups is 1. The highest BCUT2D eigenvalue weighted by Crippen LogP contribution is 2.33. The Kier molecular flexibility index (Phi) is 5.60. The SMILES string of the molecule is CN1CCN(c2cnc3c(C4CCN(C(=O)c5cnc6ccccc6c5)CC4)nn(C)c3c2)CC1. The lowest BCUT2D eigenvalue weighted by atomic mass is 9.92. The van der Waals surface area contributed by atoms with E-state index in [9.17, 15) is 4.79 Å². The Morgan fingerprint density at radius 1 is 0.914 bits per heavy atom. The smallest absolute Gasteiger partial charge is 0.255 e. The van der Waals surface area contributed by atoms with Gasteiger partial charge in [0.15, 0.2) is 0 Å². The number of rotatable bonds is 3. The fourth-order valence-electron chi connectivity index (χ4n) is 5.39. The molecule has 0 aliphatic carbocycles. The molecule has 35 heavy (non-hydrogen) atoms. The number of para-hydroxylation sites is 1. The van der Waals surface area contributed by atoms with Crippen molar-refractivity contribution in [2.45, 2.75) is 18.8 Å². The molecule has 0 atom stereocenters. The molecule has 1 aromatic carbocycles. The predicted molar refractivity (Wildman–Crippen MR) is 138 cm³/mol. The van der Waals surface area contributed by atoms with Crippen molar-refractivity contribution in [1.29, 1.82) is 0 Å². The van der Waals surface area contributed by atoms with Crippen molar-refractivity contribution in [3.05, 3.63) is 60.0 Å². The number of amides is 1. The molecular weight excluding hydrogens is 438 g/mol. The van der Waals surface area contributed by atoms with Gasteiger partial charge in [-0.15, -0.1) is 0 Å². The molecule has 2 aliphatic heterocycles. The van der Waals surface area contributed by atoms with Crippen molar-refractivity contribution in [2.24, 2.45) is 7.05 Å². The van der Waals surface area contributed by atoms with Gasteiger partial charge < -0.3 is 14.7 Å². The van der Waals surface area contributed by atoms with E-state index in [0.29, 0.717) is 24.6 Å². The molecule has 8 heteroatoms. The van der Waals surface area contributed by atoms with Gasteiger partial charge in [-0.3, -0.25) is 19.4 Å². The summed E-state index contributed by atoms with van der Waals surface area (Å²) in [4.78, 5) is 29.2. The first-order valence-corrected chi connectivity index (χ1v) is 12.5. The van der Waals surface area contributed by atoms with Crippen LogP contribution in [0, 0.1) is 0 Å². The first-order valence-electron chi connectivity index (χ1n) is 12.5. The minimum absolute atomic E-state index is 0.0579. The molecule has 8 nitrogen and oxygen atoms in total. The zero-order valence-corrected chi connectivity index (χ0v) is 20.4. The van der Waals surface area contributed by atoms with Crippen LogP contribution in [-0.4, -0.2) is 81.8 Å². The molecule has 0 unspecified atom stereocenters. The Bertz CT molecular complexity index is 1380. The molecule has 2 fully saturated rings. The number of anilines is 1.